The molecule has 1 N–H and O–H groups in total. The fourth-order valence-corrected chi connectivity index (χ4v) is 4.10. The Hall–Kier alpha value is -2.07. The van der Waals surface area contributed by atoms with Crippen LogP contribution in [0.3, 0.4) is 0 Å². The topological polar surface area (TPSA) is 42.2 Å². The zero-order valence-corrected chi connectivity index (χ0v) is 21.3. The number of amides is 1. The van der Waals surface area contributed by atoms with Gasteiger partial charge in [0.25, 0.3) is 5.91 Å². The van der Waals surface area contributed by atoms with Gasteiger partial charge in [-0.25, -0.2) is 4.57 Å². The summed E-state index contributed by atoms with van der Waals surface area (Å²) in [7, 11) is 0. The molecule has 0 saturated carbocycles. The maximum Gasteiger partial charge on any atom is 0.252 e. The van der Waals surface area contributed by atoms with Crippen molar-refractivity contribution in [2.24, 2.45) is 0 Å². The molecule has 33 heavy (non-hydrogen) atoms. The van der Waals surface area contributed by atoms with Gasteiger partial charge in [-0.3, -0.25) is 4.79 Å². The van der Waals surface area contributed by atoms with Gasteiger partial charge in [0.05, 0.1) is 17.2 Å². The maximum absolute atomic E-state index is 12.4. The van der Waals surface area contributed by atoms with Gasteiger partial charge in [-0.05, 0) is 24.1 Å². The minimum absolute atomic E-state index is 0.0870. The van der Waals surface area contributed by atoms with Gasteiger partial charge in [0.15, 0.2) is 12.4 Å². The first-order valence-electron chi connectivity index (χ1n) is 12.8. The predicted molar refractivity (Wildman–Crippen MR) is 137 cm³/mol. The molecule has 182 valence electrons. The molecule has 0 unspecified atom stereocenters. The number of rotatable bonds is 17. The predicted octanol–water partition coefficient (Wildman–Crippen LogP) is 7.27. The molecular weight excluding hydrogens is 432 g/mol. The van der Waals surface area contributed by atoms with Crippen LogP contribution in [0.15, 0.2) is 42.7 Å². The molecule has 0 aliphatic rings. The number of nitrogens with one attached hydrogen (secondary N) is 1. The first kappa shape index (κ1) is 27.2. The quantitative estimate of drug-likeness (QED) is 0.194. The summed E-state index contributed by atoms with van der Waals surface area (Å²) in [6, 6.07) is 9.43. The summed E-state index contributed by atoms with van der Waals surface area (Å²) in [5.74, 6) is 0.627. The van der Waals surface area contributed by atoms with Gasteiger partial charge >= 0.3 is 0 Å². The maximum atomic E-state index is 12.4. The van der Waals surface area contributed by atoms with Crippen molar-refractivity contribution in [2.45, 2.75) is 97.6 Å². The molecule has 0 bridgehead atoms. The minimum Gasteiger partial charge on any atom is -0.492 e. The first-order valence-corrected chi connectivity index (χ1v) is 13.2. The molecule has 0 fully saturated rings. The van der Waals surface area contributed by atoms with E-state index in [1.54, 1.807) is 0 Å². The van der Waals surface area contributed by atoms with Crippen LogP contribution in [0.2, 0.25) is 5.02 Å². The van der Waals surface area contributed by atoms with E-state index in [9.17, 15) is 4.79 Å². The Labute approximate surface area is 205 Å². The van der Waals surface area contributed by atoms with Crippen molar-refractivity contribution < 1.29 is 14.1 Å². The van der Waals surface area contributed by atoms with E-state index >= 15 is 0 Å². The summed E-state index contributed by atoms with van der Waals surface area (Å²) in [5, 5.41) is 3.55. The van der Waals surface area contributed by atoms with Crippen molar-refractivity contribution >= 4 is 17.5 Å². The SMILES string of the molecule is CCCCCCCCCCCCOc1ccc(CNC(=O)c2cc[n+](CCC)cc2)cc1Cl. The fourth-order valence-electron chi connectivity index (χ4n) is 3.84. The molecule has 2 aromatic rings. The van der Waals surface area contributed by atoms with E-state index in [4.69, 9.17) is 16.3 Å². The highest BCUT2D eigenvalue weighted by Gasteiger charge is 2.09. The van der Waals surface area contributed by atoms with Crippen LogP contribution in [0, 0.1) is 0 Å². The van der Waals surface area contributed by atoms with Crippen LogP contribution in [-0.2, 0) is 13.1 Å². The van der Waals surface area contributed by atoms with Crippen molar-refractivity contribution in [2.75, 3.05) is 6.61 Å². The zero-order valence-electron chi connectivity index (χ0n) is 20.6. The zero-order chi connectivity index (χ0) is 23.7. The van der Waals surface area contributed by atoms with Gasteiger partial charge in [0.1, 0.15) is 12.3 Å². The van der Waals surface area contributed by atoms with E-state index in [1.807, 2.05) is 42.7 Å². The highest BCUT2D eigenvalue weighted by atomic mass is 35.5. The lowest BCUT2D eigenvalue weighted by atomic mass is 10.1. The third kappa shape index (κ3) is 11.1. The largest absolute Gasteiger partial charge is 0.492 e. The van der Waals surface area contributed by atoms with E-state index in [-0.39, 0.29) is 5.91 Å². The van der Waals surface area contributed by atoms with Crippen molar-refractivity contribution in [3.8, 4) is 5.75 Å². The molecule has 2 rings (SSSR count). The summed E-state index contributed by atoms with van der Waals surface area (Å²) in [6.45, 7) is 6.47. The third-order valence-corrected chi connectivity index (χ3v) is 6.14. The molecule has 0 atom stereocenters. The number of aromatic nitrogens is 1. The van der Waals surface area contributed by atoms with Crippen LogP contribution in [0.4, 0.5) is 0 Å². The summed E-state index contributed by atoms with van der Waals surface area (Å²) in [5.41, 5.74) is 1.61. The number of halogens is 1. The Morgan fingerprint density at radius 2 is 1.52 bits per heavy atom. The second-order valence-electron chi connectivity index (χ2n) is 8.80. The smallest absolute Gasteiger partial charge is 0.252 e. The molecule has 0 aliphatic heterocycles. The molecule has 1 aromatic heterocycles. The van der Waals surface area contributed by atoms with Gasteiger partial charge in [-0.15, -0.1) is 0 Å². The van der Waals surface area contributed by atoms with Gasteiger partial charge < -0.3 is 10.1 Å². The number of nitrogens with zero attached hydrogens (tertiary/aromatic N) is 1. The second-order valence-corrected chi connectivity index (χ2v) is 9.21. The standard InChI is InChI=1S/C28H41ClN2O2/c1-3-5-6-7-8-9-10-11-12-13-21-33-27-15-14-24(22-26(27)29)23-30-28(32)25-16-19-31(18-4-2)20-17-25/h14-17,19-20,22H,3-13,18,21,23H2,1-2H3/p+1. The van der Waals surface area contributed by atoms with Crippen molar-refractivity contribution in [1.29, 1.82) is 0 Å². The Balaban J connectivity index is 1.62. The van der Waals surface area contributed by atoms with Crippen LogP contribution in [0.25, 0.3) is 0 Å². The molecule has 0 radical (unpaired) electrons. The normalized spacial score (nSPS) is 10.9. The van der Waals surface area contributed by atoms with E-state index in [0.29, 0.717) is 29.5 Å². The van der Waals surface area contributed by atoms with Gasteiger partial charge in [0, 0.05) is 25.1 Å². The fraction of sp³-hybridized carbons (Fsp3) is 0.571. The number of benzene rings is 1. The van der Waals surface area contributed by atoms with Crippen molar-refractivity contribution in [3.05, 3.63) is 58.9 Å². The second kappa shape index (κ2) is 16.5. The van der Waals surface area contributed by atoms with Crippen LogP contribution in [0.1, 0.15) is 100 Å². The Kier molecular flexibility index (Phi) is 13.6. The summed E-state index contributed by atoms with van der Waals surface area (Å²) >= 11 is 6.40. The summed E-state index contributed by atoms with van der Waals surface area (Å²) in [6.07, 6.45) is 18.0. The first-order chi connectivity index (χ1) is 16.1. The number of hydrogen-bond donors (Lipinski definition) is 1. The molecule has 4 nitrogen and oxygen atoms in total. The van der Waals surface area contributed by atoms with E-state index in [0.717, 1.165) is 24.9 Å². The molecule has 1 aromatic carbocycles. The van der Waals surface area contributed by atoms with Crippen LogP contribution < -0.4 is 14.6 Å². The molecule has 1 heterocycles. The molecule has 0 spiro atoms. The lowest BCUT2D eigenvalue weighted by Crippen LogP contribution is -2.33. The van der Waals surface area contributed by atoms with Crippen molar-refractivity contribution in [3.63, 3.8) is 0 Å². The molecule has 5 heteroatoms. The van der Waals surface area contributed by atoms with Gasteiger partial charge in [-0.1, -0.05) is 89.3 Å². The number of pyridine rings is 1. The molecule has 0 saturated heterocycles. The van der Waals surface area contributed by atoms with Crippen LogP contribution >= 0.6 is 11.6 Å². The lowest BCUT2D eigenvalue weighted by Gasteiger charge is -2.10. The highest BCUT2D eigenvalue weighted by molar-refractivity contribution is 6.32. The van der Waals surface area contributed by atoms with Crippen LogP contribution in [0.5, 0.6) is 5.75 Å². The average Bonchev–Trinajstić information content (AvgIpc) is 2.82. The number of hydrogen-bond acceptors (Lipinski definition) is 2. The molecule has 0 aliphatic carbocycles. The minimum atomic E-state index is -0.0870. The number of carbonyl (C=O) groups excluding carboxylic acids is 1. The molecular formula is C28H42ClN2O2+. The van der Waals surface area contributed by atoms with Crippen molar-refractivity contribution in [1.82, 2.24) is 5.32 Å². The van der Waals surface area contributed by atoms with E-state index in [2.05, 4.69) is 23.7 Å². The molecule has 1 amide bonds. The Morgan fingerprint density at radius 1 is 0.879 bits per heavy atom. The van der Waals surface area contributed by atoms with E-state index in [1.165, 1.54) is 57.8 Å². The van der Waals surface area contributed by atoms with Gasteiger partial charge in [0.2, 0.25) is 0 Å². The van der Waals surface area contributed by atoms with Gasteiger partial charge in [-0.2, -0.15) is 0 Å². The highest BCUT2D eigenvalue weighted by Crippen LogP contribution is 2.26. The van der Waals surface area contributed by atoms with E-state index < -0.39 is 0 Å². The third-order valence-electron chi connectivity index (χ3n) is 5.84. The monoisotopic (exact) mass is 473 g/mol. The lowest BCUT2D eigenvalue weighted by molar-refractivity contribution is -0.697. The number of carbonyl (C=O) groups is 1. The Morgan fingerprint density at radius 3 is 2.12 bits per heavy atom. The Bertz CT molecular complexity index is 808. The van der Waals surface area contributed by atoms with Crippen LogP contribution in [-0.4, -0.2) is 12.5 Å². The number of unbranched alkanes of at least 4 members (excludes halogenated alkanes) is 9. The number of ether oxygens (including phenoxy) is 1. The summed E-state index contributed by atoms with van der Waals surface area (Å²) < 4.78 is 7.94. The summed E-state index contributed by atoms with van der Waals surface area (Å²) in [4.78, 5) is 12.4. The number of aryl methyl sites for hydroxylation is 1. The average molecular weight is 474 g/mol.